The first-order valence-corrected chi connectivity index (χ1v) is 16.2. The summed E-state index contributed by atoms with van der Waals surface area (Å²) in [5.41, 5.74) is 7.95. The zero-order valence-electron chi connectivity index (χ0n) is 27.8. The average molecular weight is 664 g/mol. The van der Waals surface area contributed by atoms with Gasteiger partial charge in [-0.25, -0.2) is 0 Å². The zero-order chi connectivity index (χ0) is 34.7. The van der Waals surface area contributed by atoms with Crippen molar-refractivity contribution in [1.82, 2.24) is 9.80 Å². The van der Waals surface area contributed by atoms with Gasteiger partial charge in [0.15, 0.2) is 0 Å². The highest BCUT2D eigenvalue weighted by atomic mass is 16.6. The van der Waals surface area contributed by atoms with E-state index in [4.69, 9.17) is 24.9 Å². The van der Waals surface area contributed by atoms with Crippen LogP contribution in [0.3, 0.4) is 0 Å². The minimum Gasteiger partial charge on any atom is -0.468 e. The number of non-ortho nitro benzene ring substituents is 1. The minimum absolute atomic E-state index is 0.0545. The van der Waals surface area contributed by atoms with Crippen LogP contribution in [0.5, 0.6) is 0 Å². The number of hydrogen-bond donors (Lipinski definition) is 1. The lowest BCUT2D eigenvalue weighted by atomic mass is 9.72. The highest BCUT2D eigenvalue weighted by Gasteiger charge is 2.45. The maximum atomic E-state index is 13.3. The second-order valence-electron chi connectivity index (χ2n) is 11.9. The molecule has 2 heterocycles. The Morgan fingerprint density at radius 2 is 1.79 bits per heavy atom. The van der Waals surface area contributed by atoms with Gasteiger partial charge in [-0.1, -0.05) is 49.4 Å². The number of nitrogens with two attached hydrogens (primary N) is 1. The van der Waals surface area contributed by atoms with Gasteiger partial charge in [0.2, 0.25) is 6.41 Å². The van der Waals surface area contributed by atoms with Gasteiger partial charge >= 0.3 is 11.9 Å². The number of ether oxygens (including phenoxy) is 3. The highest BCUT2D eigenvalue weighted by Crippen LogP contribution is 2.42. The summed E-state index contributed by atoms with van der Waals surface area (Å²) in [6.07, 6.45) is 2.96. The van der Waals surface area contributed by atoms with Crippen LogP contribution in [0.2, 0.25) is 0 Å². The number of methoxy groups -OCH3 is 2. The number of allylic oxidation sites excluding steroid dienone is 1. The molecular formula is C35H45N5O8. The van der Waals surface area contributed by atoms with Crippen LogP contribution in [0.1, 0.15) is 49.7 Å². The number of rotatable bonds is 16. The van der Waals surface area contributed by atoms with Crippen molar-refractivity contribution in [2.75, 3.05) is 60.2 Å². The summed E-state index contributed by atoms with van der Waals surface area (Å²) in [6, 6.07) is 15.7. The molecule has 48 heavy (non-hydrogen) atoms. The number of aliphatic imine (C=N–C) groups is 1. The van der Waals surface area contributed by atoms with Gasteiger partial charge in [0, 0.05) is 36.9 Å². The molecule has 0 radical (unpaired) electrons. The molecule has 1 saturated heterocycles. The zero-order valence-corrected chi connectivity index (χ0v) is 27.8. The van der Waals surface area contributed by atoms with E-state index in [1.807, 2.05) is 37.3 Å². The van der Waals surface area contributed by atoms with Gasteiger partial charge in [-0.15, -0.1) is 0 Å². The lowest BCUT2D eigenvalue weighted by molar-refractivity contribution is -0.384. The maximum absolute atomic E-state index is 13.3. The fourth-order valence-corrected chi connectivity index (χ4v) is 6.80. The van der Waals surface area contributed by atoms with Crippen molar-refractivity contribution < 1.29 is 33.5 Å². The van der Waals surface area contributed by atoms with Crippen LogP contribution in [0.4, 0.5) is 5.69 Å². The van der Waals surface area contributed by atoms with E-state index in [-0.39, 0.29) is 31.4 Å². The van der Waals surface area contributed by atoms with Crippen molar-refractivity contribution in [2.45, 2.75) is 43.9 Å². The molecule has 2 unspecified atom stereocenters. The summed E-state index contributed by atoms with van der Waals surface area (Å²) >= 11 is 0. The number of esters is 2. The quantitative estimate of drug-likeness (QED) is 0.0922. The second kappa shape index (κ2) is 17.1. The first-order chi connectivity index (χ1) is 23.2. The number of benzene rings is 2. The Hall–Kier alpha value is -4.46. The number of nitrogens with zero attached hydrogens (tertiary/aromatic N) is 4. The van der Waals surface area contributed by atoms with Gasteiger partial charge < -0.3 is 29.7 Å². The van der Waals surface area contributed by atoms with E-state index < -0.39 is 28.1 Å². The Balaban J connectivity index is 1.61. The van der Waals surface area contributed by atoms with Crippen LogP contribution >= 0.6 is 0 Å². The Labute approximate surface area is 280 Å². The molecule has 2 atom stereocenters. The smallest absolute Gasteiger partial charge is 0.316 e. The van der Waals surface area contributed by atoms with Crippen LogP contribution in [-0.4, -0.2) is 98.9 Å². The maximum Gasteiger partial charge on any atom is 0.316 e. The Bertz CT molecular complexity index is 1490. The molecule has 13 heteroatoms. The molecule has 4 rings (SSSR count). The van der Waals surface area contributed by atoms with Crippen LogP contribution in [-0.2, 0) is 34.0 Å². The normalized spacial score (nSPS) is 19.3. The first-order valence-electron chi connectivity index (χ1n) is 16.2. The SMILES string of the molecule is CCC1=NC(COCCN)=C(N(C=O)CCCN2CCC(C(=O)OC)(c3ccccc3)CC2)C(c2ccc([N+](=O)[O-])cc2)C1C(=O)OC. The molecule has 0 aliphatic carbocycles. The summed E-state index contributed by atoms with van der Waals surface area (Å²) in [5, 5.41) is 11.4. The molecule has 1 fully saturated rings. The van der Waals surface area contributed by atoms with Crippen molar-refractivity contribution in [3.8, 4) is 0 Å². The molecule has 0 bridgehead atoms. The average Bonchev–Trinajstić information content (AvgIpc) is 3.13. The van der Waals surface area contributed by atoms with Crippen LogP contribution in [0, 0.1) is 16.0 Å². The number of carbonyl (C=O) groups excluding carboxylic acids is 3. The number of carbonyl (C=O) groups is 3. The van der Waals surface area contributed by atoms with Crippen LogP contribution in [0.15, 0.2) is 71.0 Å². The topological polar surface area (TPSA) is 167 Å². The lowest BCUT2D eigenvalue weighted by Gasteiger charge is -2.40. The molecule has 2 N–H and O–H groups in total. The molecule has 2 aromatic rings. The minimum atomic E-state index is -0.858. The van der Waals surface area contributed by atoms with Gasteiger partial charge in [0.25, 0.3) is 5.69 Å². The molecule has 1 amide bonds. The Kier molecular flexibility index (Phi) is 13.0. The van der Waals surface area contributed by atoms with Gasteiger partial charge in [0.05, 0.1) is 49.2 Å². The summed E-state index contributed by atoms with van der Waals surface area (Å²) in [7, 11) is 2.72. The van der Waals surface area contributed by atoms with Crippen molar-refractivity contribution >= 4 is 29.7 Å². The van der Waals surface area contributed by atoms with Crippen LogP contribution < -0.4 is 5.73 Å². The largest absolute Gasteiger partial charge is 0.468 e. The van der Waals surface area contributed by atoms with Gasteiger partial charge in [-0.2, -0.15) is 0 Å². The summed E-state index contributed by atoms with van der Waals surface area (Å²) in [4.78, 5) is 58.8. The summed E-state index contributed by atoms with van der Waals surface area (Å²) < 4.78 is 16.3. The molecule has 2 aliphatic heterocycles. The predicted octanol–water partition coefficient (Wildman–Crippen LogP) is 3.57. The lowest BCUT2D eigenvalue weighted by Crippen LogP contribution is -2.48. The standard InChI is InChI=1S/C35H45N5O8/c1-4-28-31(33(42)46-2)30(25-11-13-27(14-12-25)40(44)45)32(29(37-28)23-48-22-17-36)39(24-41)19-8-18-38-20-15-35(16-21-38,34(43)47-3)26-9-6-5-7-10-26/h5-7,9-14,24,30-31H,4,8,15-23,36H2,1-3H3. The summed E-state index contributed by atoms with van der Waals surface area (Å²) in [5.74, 6) is -2.33. The number of amides is 1. The van der Waals surface area contributed by atoms with Gasteiger partial charge in [-0.05, 0) is 56.4 Å². The van der Waals surface area contributed by atoms with E-state index in [1.165, 1.54) is 26.4 Å². The molecule has 0 spiro atoms. The number of nitro groups is 1. The Morgan fingerprint density at radius 3 is 2.35 bits per heavy atom. The van der Waals surface area contributed by atoms with E-state index in [2.05, 4.69) is 4.90 Å². The van der Waals surface area contributed by atoms with Crippen molar-refractivity contribution in [3.63, 3.8) is 0 Å². The number of hydrogen-bond acceptors (Lipinski definition) is 11. The first kappa shape index (κ1) is 36.4. The van der Waals surface area contributed by atoms with Crippen molar-refractivity contribution in [1.29, 1.82) is 0 Å². The summed E-state index contributed by atoms with van der Waals surface area (Å²) in [6.45, 7) is 4.81. The molecule has 0 saturated carbocycles. The van der Waals surface area contributed by atoms with E-state index >= 15 is 0 Å². The van der Waals surface area contributed by atoms with Gasteiger partial charge in [-0.3, -0.25) is 29.5 Å². The molecule has 258 valence electrons. The second-order valence-corrected chi connectivity index (χ2v) is 11.9. The molecule has 13 nitrogen and oxygen atoms in total. The third-order valence-electron chi connectivity index (χ3n) is 9.26. The number of likely N-dealkylation sites (tertiary alicyclic amines) is 1. The van der Waals surface area contributed by atoms with E-state index in [1.54, 1.807) is 17.0 Å². The third-order valence-corrected chi connectivity index (χ3v) is 9.26. The molecule has 0 aromatic heterocycles. The third kappa shape index (κ3) is 7.97. The van der Waals surface area contributed by atoms with Crippen molar-refractivity contribution in [3.05, 3.63) is 87.2 Å². The predicted molar refractivity (Wildman–Crippen MR) is 179 cm³/mol. The fraction of sp³-hybridized carbons (Fsp3) is 0.486. The highest BCUT2D eigenvalue weighted by molar-refractivity contribution is 6.05. The number of piperidine rings is 1. The molecular weight excluding hydrogens is 618 g/mol. The molecule has 2 aliphatic rings. The van der Waals surface area contributed by atoms with Crippen LogP contribution in [0.25, 0.3) is 0 Å². The van der Waals surface area contributed by atoms with E-state index in [9.17, 15) is 24.5 Å². The fourth-order valence-electron chi connectivity index (χ4n) is 6.80. The van der Waals surface area contributed by atoms with E-state index in [0.717, 1.165) is 12.0 Å². The molecule has 2 aromatic carbocycles. The Morgan fingerprint density at radius 1 is 1.10 bits per heavy atom. The van der Waals surface area contributed by atoms with E-state index in [0.29, 0.717) is 74.5 Å². The van der Waals surface area contributed by atoms with Gasteiger partial charge in [0.1, 0.15) is 5.92 Å². The monoisotopic (exact) mass is 663 g/mol. The van der Waals surface area contributed by atoms with Crippen molar-refractivity contribution in [2.24, 2.45) is 16.6 Å². The number of nitro benzene ring substituents is 1.